The van der Waals surface area contributed by atoms with E-state index in [1.807, 2.05) is 0 Å². The molecule has 3 N–H and O–H groups in total. The van der Waals surface area contributed by atoms with E-state index in [-0.39, 0.29) is 5.54 Å². The lowest BCUT2D eigenvalue weighted by Crippen LogP contribution is -2.53. The molecule has 88 valence electrons. The highest BCUT2D eigenvalue weighted by molar-refractivity contribution is 4.99. The number of hydrogen-bond acceptors (Lipinski definition) is 2. The van der Waals surface area contributed by atoms with Crippen LogP contribution < -0.4 is 11.1 Å². The molecule has 0 amide bonds. The molecule has 0 saturated heterocycles. The predicted molar refractivity (Wildman–Crippen MR) is 66.9 cm³/mol. The molecule has 0 aromatic rings. The normalized spacial score (nSPS) is 31.5. The summed E-state index contributed by atoms with van der Waals surface area (Å²) in [4.78, 5) is 0. The molecule has 1 aliphatic carbocycles. The van der Waals surface area contributed by atoms with E-state index >= 15 is 0 Å². The molecule has 15 heavy (non-hydrogen) atoms. The highest BCUT2D eigenvalue weighted by Crippen LogP contribution is 2.33. The monoisotopic (exact) mass is 210 g/mol. The Kier molecular flexibility index (Phi) is 4.81. The zero-order valence-corrected chi connectivity index (χ0v) is 10.3. The van der Waals surface area contributed by atoms with Crippen molar-refractivity contribution in [1.82, 2.24) is 5.32 Å². The lowest BCUT2D eigenvalue weighted by atomic mass is 9.75. The van der Waals surface area contributed by atoms with E-state index in [0.717, 1.165) is 19.0 Å². The van der Waals surface area contributed by atoms with E-state index in [0.29, 0.717) is 0 Å². The van der Waals surface area contributed by atoms with Crippen molar-refractivity contribution in [3.8, 4) is 0 Å². The van der Waals surface area contributed by atoms with Crippen molar-refractivity contribution in [3.05, 3.63) is 12.2 Å². The summed E-state index contributed by atoms with van der Waals surface area (Å²) in [6, 6.07) is 0. The molecule has 0 aromatic carbocycles. The average Bonchev–Trinajstić information content (AvgIpc) is 2.27. The molecule has 0 spiro atoms. The van der Waals surface area contributed by atoms with E-state index in [1.165, 1.54) is 37.7 Å². The lowest BCUT2D eigenvalue weighted by molar-refractivity contribution is 0.195. The topological polar surface area (TPSA) is 38.0 Å². The maximum atomic E-state index is 5.92. The fraction of sp³-hybridized carbons (Fsp3) is 0.846. The Labute approximate surface area is 94.3 Å². The van der Waals surface area contributed by atoms with Crippen molar-refractivity contribution in [1.29, 1.82) is 0 Å². The van der Waals surface area contributed by atoms with Crippen molar-refractivity contribution in [2.75, 3.05) is 13.1 Å². The predicted octanol–water partition coefficient (Wildman–Crippen LogP) is 2.45. The molecule has 0 atom stereocenters. The Morgan fingerprint density at radius 3 is 2.47 bits per heavy atom. The van der Waals surface area contributed by atoms with Gasteiger partial charge in [0.05, 0.1) is 0 Å². The van der Waals surface area contributed by atoms with E-state index in [4.69, 9.17) is 5.73 Å². The van der Waals surface area contributed by atoms with Crippen LogP contribution in [-0.2, 0) is 0 Å². The van der Waals surface area contributed by atoms with Gasteiger partial charge < -0.3 is 11.1 Å². The van der Waals surface area contributed by atoms with Crippen LogP contribution in [0.1, 0.15) is 46.0 Å². The lowest BCUT2D eigenvalue weighted by Gasteiger charge is -2.40. The number of nitrogens with one attached hydrogen (secondary N) is 1. The Bertz CT molecular complexity index is 203. The molecule has 0 radical (unpaired) electrons. The highest BCUT2D eigenvalue weighted by Gasteiger charge is 2.32. The molecule has 2 nitrogen and oxygen atoms in total. The Hall–Kier alpha value is -0.340. The van der Waals surface area contributed by atoms with Crippen LogP contribution >= 0.6 is 0 Å². The van der Waals surface area contributed by atoms with Gasteiger partial charge in [-0.25, -0.2) is 0 Å². The molecule has 0 bridgehead atoms. The van der Waals surface area contributed by atoms with E-state index in [1.54, 1.807) is 0 Å². The third-order valence-electron chi connectivity index (χ3n) is 3.80. The minimum Gasteiger partial charge on any atom is -0.329 e. The average molecular weight is 210 g/mol. The zero-order valence-electron chi connectivity index (χ0n) is 10.3. The third kappa shape index (κ3) is 3.62. The summed E-state index contributed by atoms with van der Waals surface area (Å²) in [5, 5.41) is 3.60. The molecule has 1 saturated carbocycles. The van der Waals surface area contributed by atoms with Crippen molar-refractivity contribution < 1.29 is 0 Å². The van der Waals surface area contributed by atoms with Crippen molar-refractivity contribution in [2.45, 2.75) is 51.5 Å². The molecular formula is C13H26N2. The maximum Gasteiger partial charge on any atom is 0.0307 e. The summed E-state index contributed by atoms with van der Waals surface area (Å²) in [7, 11) is 0. The third-order valence-corrected chi connectivity index (χ3v) is 3.80. The van der Waals surface area contributed by atoms with Crippen LogP contribution in [0.25, 0.3) is 0 Å². The molecule has 0 unspecified atom stereocenters. The van der Waals surface area contributed by atoms with Gasteiger partial charge in [0.15, 0.2) is 0 Å². The first-order valence-electron chi connectivity index (χ1n) is 6.21. The smallest absolute Gasteiger partial charge is 0.0307 e. The molecule has 2 heteroatoms. The van der Waals surface area contributed by atoms with Gasteiger partial charge in [0.1, 0.15) is 0 Å². The number of nitrogens with two attached hydrogens (primary N) is 1. The first-order chi connectivity index (χ1) is 7.12. The standard InChI is InChI=1S/C13H26N2/c1-4-12-5-7-13(10-14,8-6-12)15-9-11(2)3/h12,15H,2,4-10,14H2,1,3H3. The fourth-order valence-electron chi connectivity index (χ4n) is 2.43. The second-order valence-corrected chi connectivity index (χ2v) is 5.15. The molecule has 1 aliphatic rings. The molecular weight excluding hydrogens is 184 g/mol. The van der Waals surface area contributed by atoms with Gasteiger partial charge in [0.2, 0.25) is 0 Å². The summed E-state index contributed by atoms with van der Waals surface area (Å²) < 4.78 is 0. The first kappa shape index (κ1) is 12.7. The van der Waals surface area contributed by atoms with Crippen molar-refractivity contribution in [2.24, 2.45) is 11.7 Å². The van der Waals surface area contributed by atoms with Crippen LogP contribution in [-0.4, -0.2) is 18.6 Å². The SMILES string of the molecule is C=C(C)CNC1(CN)CCC(CC)CC1. The van der Waals surface area contributed by atoms with Gasteiger partial charge in [-0.15, -0.1) is 0 Å². The van der Waals surface area contributed by atoms with Crippen molar-refractivity contribution in [3.63, 3.8) is 0 Å². The first-order valence-corrected chi connectivity index (χ1v) is 6.21. The molecule has 1 rings (SSSR count). The molecule has 0 aromatic heterocycles. The summed E-state index contributed by atoms with van der Waals surface area (Å²) in [6.45, 7) is 9.96. The number of rotatable bonds is 5. The highest BCUT2D eigenvalue weighted by atomic mass is 15.0. The van der Waals surface area contributed by atoms with Crippen LogP contribution in [0.15, 0.2) is 12.2 Å². The van der Waals surface area contributed by atoms with E-state index in [2.05, 4.69) is 25.7 Å². The zero-order chi connectivity index (χ0) is 11.3. The summed E-state index contributed by atoms with van der Waals surface area (Å²) in [5.74, 6) is 0.927. The van der Waals surface area contributed by atoms with Gasteiger partial charge in [-0.05, 0) is 38.5 Å². The Balaban J connectivity index is 2.44. The van der Waals surface area contributed by atoms with Crippen LogP contribution in [0, 0.1) is 5.92 Å². The minimum atomic E-state index is 0.199. The fourth-order valence-corrected chi connectivity index (χ4v) is 2.43. The summed E-state index contributed by atoms with van der Waals surface area (Å²) in [5.41, 5.74) is 7.31. The summed E-state index contributed by atoms with van der Waals surface area (Å²) in [6.07, 6.45) is 6.44. The van der Waals surface area contributed by atoms with Gasteiger partial charge in [-0.3, -0.25) is 0 Å². The quantitative estimate of drug-likeness (QED) is 0.684. The summed E-state index contributed by atoms with van der Waals surface area (Å²) >= 11 is 0. The number of hydrogen-bond donors (Lipinski definition) is 2. The van der Waals surface area contributed by atoms with E-state index in [9.17, 15) is 0 Å². The van der Waals surface area contributed by atoms with Crippen LogP contribution in [0.5, 0.6) is 0 Å². The largest absolute Gasteiger partial charge is 0.329 e. The second kappa shape index (κ2) is 5.66. The van der Waals surface area contributed by atoms with E-state index < -0.39 is 0 Å². The minimum absolute atomic E-state index is 0.199. The van der Waals surface area contributed by atoms with Crippen LogP contribution in [0.2, 0.25) is 0 Å². The van der Waals surface area contributed by atoms with Gasteiger partial charge in [-0.1, -0.05) is 25.5 Å². The molecule has 0 aliphatic heterocycles. The molecule has 0 heterocycles. The van der Waals surface area contributed by atoms with Gasteiger partial charge in [0, 0.05) is 18.6 Å². The molecule has 1 fully saturated rings. The van der Waals surface area contributed by atoms with Crippen LogP contribution in [0.4, 0.5) is 0 Å². The van der Waals surface area contributed by atoms with Gasteiger partial charge in [0.25, 0.3) is 0 Å². The van der Waals surface area contributed by atoms with Crippen LogP contribution in [0.3, 0.4) is 0 Å². The Morgan fingerprint density at radius 2 is 2.07 bits per heavy atom. The van der Waals surface area contributed by atoms with Gasteiger partial charge in [-0.2, -0.15) is 0 Å². The van der Waals surface area contributed by atoms with Crippen molar-refractivity contribution >= 4 is 0 Å². The second-order valence-electron chi connectivity index (χ2n) is 5.15. The van der Waals surface area contributed by atoms with Gasteiger partial charge >= 0.3 is 0 Å². The maximum absolute atomic E-state index is 5.92. The Morgan fingerprint density at radius 1 is 1.47 bits per heavy atom.